The summed E-state index contributed by atoms with van der Waals surface area (Å²) in [5, 5.41) is 9.06. The summed E-state index contributed by atoms with van der Waals surface area (Å²) < 4.78 is 0. The van der Waals surface area contributed by atoms with Crippen LogP contribution in [0.25, 0.3) is 0 Å². The number of nitrogens with zero attached hydrogens (tertiary/aromatic N) is 1. The minimum absolute atomic E-state index is 0.0946. The predicted octanol–water partition coefficient (Wildman–Crippen LogP) is 2.21. The van der Waals surface area contributed by atoms with E-state index in [9.17, 15) is 9.59 Å². The van der Waals surface area contributed by atoms with E-state index in [1.807, 2.05) is 4.90 Å². The van der Waals surface area contributed by atoms with Crippen molar-refractivity contribution in [3.8, 4) is 0 Å². The van der Waals surface area contributed by atoms with E-state index in [0.29, 0.717) is 25.9 Å². The predicted molar refractivity (Wildman–Crippen MR) is 81.5 cm³/mol. The fourth-order valence-electron chi connectivity index (χ4n) is 4.49. The minimum atomic E-state index is -0.722. The van der Waals surface area contributed by atoms with Crippen LogP contribution in [0.3, 0.4) is 0 Å². The van der Waals surface area contributed by atoms with Gasteiger partial charge in [-0.1, -0.05) is 24.3 Å². The SMILES string of the molecule is O=C(O)C1CCN(C(=O)C2CC23CCc2ccccc23)CC1. The number of rotatable bonds is 2. The Hall–Kier alpha value is -1.84. The van der Waals surface area contributed by atoms with Gasteiger partial charge in [0.05, 0.1) is 5.92 Å². The highest BCUT2D eigenvalue weighted by molar-refractivity contribution is 5.85. The molecular weight excluding hydrogens is 278 g/mol. The largest absolute Gasteiger partial charge is 0.481 e. The maximum Gasteiger partial charge on any atom is 0.306 e. The summed E-state index contributed by atoms with van der Waals surface area (Å²) in [6.45, 7) is 1.20. The van der Waals surface area contributed by atoms with Crippen molar-refractivity contribution in [1.29, 1.82) is 0 Å². The molecule has 1 N–H and O–H groups in total. The Balaban J connectivity index is 1.45. The van der Waals surface area contributed by atoms with Crippen LogP contribution in [0, 0.1) is 11.8 Å². The van der Waals surface area contributed by atoms with Crippen LogP contribution in [-0.2, 0) is 21.4 Å². The van der Waals surface area contributed by atoms with Crippen molar-refractivity contribution in [2.24, 2.45) is 11.8 Å². The molecule has 1 heterocycles. The molecule has 116 valence electrons. The molecular formula is C18H21NO3. The van der Waals surface area contributed by atoms with Gasteiger partial charge in [0, 0.05) is 24.4 Å². The first kappa shape index (κ1) is 13.8. The van der Waals surface area contributed by atoms with Gasteiger partial charge in [0.25, 0.3) is 0 Å². The number of piperidine rings is 1. The van der Waals surface area contributed by atoms with Crippen LogP contribution in [0.15, 0.2) is 24.3 Å². The van der Waals surface area contributed by atoms with Gasteiger partial charge >= 0.3 is 5.97 Å². The maximum atomic E-state index is 12.8. The lowest BCUT2D eigenvalue weighted by Gasteiger charge is -2.31. The molecule has 22 heavy (non-hydrogen) atoms. The van der Waals surface area contributed by atoms with Crippen molar-refractivity contribution >= 4 is 11.9 Å². The molecule has 2 atom stereocenters. The fourth-order valence-corrected chi connectivity index (χ4v) is 4.49. The monoisotopic (exact) mass is 299 g/mol. The summed E-state index contributed by atoms with van der Waals surface area (Å²) in [4.78, 5) is 25.7. The molecule has 2 aliphatic carbocycles. The lowest BCUT2D eigenvalue weighted by atomic mass is 9.93. The summed E-state index contributed by atoms with van der Waals surface area (Å²) in [5.41, 5.74) is 2.88. The van der Waals surface area contributed by atoms with Crippen molar-refractivity contribution in [1.82, 2.24) is 4.90 Å². The van der Waals surface area contributed by atoms with Gasteiger partial charge in [-0.15, -0.1) is 0 Å². The number of carboxylic acids is 1. The van der Waals surface area contributed by atoms with Crippen LogP contribution in [0.2, 0.25) is 0 Å². The Kier molecular flexibility index (Phi) is 3.03. The number of carbonyl (C=O) groups is 2. The van der Waals surface area contributed by atoms with Crippen LogP contribution in [0.5, 0.6) is 0 Å². The Morgan fingerprint density at radius 3 is 2.64 bits per heavy atom. The number of amides is 1. The molecule has 1 saturated carbocycles. The smallest absolute Gasteiger partial charge is 0.306 e. The number of fused-ring (bicyclic) bond motifs is 2. The molecule has 0 aromatic heterocycles. The summed E-state index contributed by atoms with van der Waals surface area (Å²) in [6, 6.07) is 8.52. The van der Waals surface area contributed by atoms with Gasteiger partial charge in [-0.3, -0.25) is 9.59 Å². The van der Waals surface area contributed by atoms with Crippen molar-refractivity contribution < 1.29 is 14.7 Å². The first-order valence-corrected chi connectivity index (χ1v) is 8.22. The molecule has 2 unspecified atom stereocenters. The number of aliphatic carboxylic acids is 1. The average molecular weight is 299 g/mol. The minimum Gasteiger partial charge on any atom is -0.481 e. The summed E-state index contributed by atoms with van der Waals surface area (Å²) in [5.74, 6) is -0.623. The summed E-state index contributed by atoms with van der Waals surface area (Å²) in [7, 11) is 0. The van der Waals surface area contributed by atoms with Crippen LogP contribution in [0.1, 0.15) is 36.8 Å². The zero-order valence-electron chi connectivity index (χ0n) is 12.6. The number of hydrogen-bond donors (Lipinski definition) is 1. The first-order valence-electron chi connectivity index (χ1n) is 8.22. The van der Waals surface area contributed by atoms with Crippen LogP contribution >= 0.6 is 0 Å². The lowest BCUT2D eigenvalue weighted by Crippen LogP contribution is -2.41. The van der Waals surface area contributed by atoms with E-state index in [-0.39, 0.29) is 23.2 Å². The molecule has 4 rings (SSSR count). The number of carbonyl (C=O) groups excluding carboxylic acids is 1. The molecule has 1 amide bonds. The highest BCUT2D eigenvalue weighted by atomic mass is 16.4. The molecule has 0 radical (unpaired) electrons. The third-order valence-electron chi connectivity index (χ3n) is 5.92. The van der Waals surface area contributed by atoms with E-state index >= 15 is 0 Å². The molecule has 4 heteroatoms. The van der Waals surface area contributed by atoms with Gasteiger partial charge in [0.2, 0.25) is 5.91 Å². The second-order valence-corrected chi connectivity index (χ2v) is 7.01. The Labute approximate surface area is 130 Å². The van der Waals surface area contributed by atoms with E-state index in [4.69, 9.17) is 5.11 Å². The second-order valence-electron chi connectivity index (χ2n) is 7.01. The standard InChI is InChI=1S/C18H21NO3/c20-16(19-9-6-13(7-10-19)17(21)22)15-11-18(15)8-5-12-3-1-2-4-14(12)18/h1-4,13,15H,5-11H2,(H,21,22). The van der Waals surface area contributed by atoms with E-state index in [0.717, 1.165) is 19.3 Å². The van der Waals surface area contributed by atoms with Crippen molar-refractivity contribution in [2.75, 3.05) is 13.1 Å². The normalized spacial score (nSPS) is 30.4. The maximum absolute atomic E-state index is 12.8. The Morgan fingerprint density at radius 1 is 1.18 bits per heavy atom. The summed E-state index contributed by atoms with van der Waals surface area (Å²) >= 11 is 0. The van der Waals surface area contributed by atoms with Crippen molar-refractivity contribution in [3.05, 3.63) is 35.4 Å². The van der Waals surface area contributed by atoms with Gasteiger partial charge in [0.1, 0.15) is 0 Å². The topological polar surface area (TPSA) is 57.6 Å². The molecule has 1 saturated heterocycles. The zero-order valence-corrected chi connectivity index (χ0v) is 12.6. The number of carboxylic acid groups (broad SMARTS) is 1. The highest BCUT2D eigenvalue weighted by Gasteiger charge is 2.62. The quantitative estimate of drug-likeness (QED) is 0.911. The summed E-state index contributed by atoms with van der Waals surface area (Å²) in [6.07, 6.45) is 4.34. The fraction of sp³-hybridized carbons (Fsp3) is 0.556. The van der Waals surface area contributed by atoms with Crippen LogP contribution in [0.4, 0.5) is 0 Å². The number of aryl methyl sites for hydroxylation is 1. The molecule has 2 fully saturated rings. The third-order valence-corrected chi connectivity index (χ3v) is 5.92. The van der Waals surface area contributed by atoms with E-state index in [1.165, 1.54) is 11.1 Å². The van der Waals surface area contributed by atoms with E-state index < -0.39 is 5.97 Å². The van der Waals surface area contributed by atoms with Gasteiger partial charge in [-0.2, -0.15) is 0 Å². The van der Waals surface area contributed by atoms with E-state index in [2.05, 4.69) is 24.3 Å². The Bertz CT molecular complexity index is 633. The van der Waals surface area contributed by atoms with Crippen LogP contribution in [-0.4, -0.2) is 35.0 Å². The van der Waals surface area contributed by atoms with Gasteiger partial charge in [-0.25, -0.2) is 0 Å². The number of likely N-dealkylation sites (tertiary alicyclic amines) is 1. The van der Waals surface area contributed by atoms with E-state index in [1.54, 1.807) is 0 Å². The van der Waals surface area contributed by atoms with Gasteiger partial charge in [-0.05, 0) is 43.2 Å². The van der Waals surface area contributed by atoms with Gasteiger partial charge < -0.3 is 10.0 Å². The second kappa shape index (κ2) is 4.83. The zero-order chi connectivity index (χ0) is 15.3. The number of benzene rings is 1. The molecule has 4 nitrogen and oxygen atoms in total. The van der Waals surface area contributed by atoms with Crippen LogP contribution < -0.4 is 0 Å². The molecule has 1 aromatic rings. The lowest BCUT2D eigenvalue weighted by molar-refractivity contribution is -0.146. The Morgan fingerprint density at radius 2 is 1.91 bits per heavy atom. The molecule has 1 aliphatic heterocycles. The molecule has 0 bridgehead atoms. The van der Waals surface area contributed by atoms with Gasteiger partial charge in [0.15, 0.2) is 0 Å². The molecule has 3 aliphatic rings. The average Bonchev–Trinajstić information content (AvgIpc) is 3.16. The number of hydrogen-bond acceptors (Lipinski definition) is 2. The van der Waals surface area contributed by atoms with Crippen molar-refractivity contribution in [3.63, 3.8) is 0 Å². The first-order chi connectivity index (χ1) is 10.6. The molecule has 1 aromatic carbocycles. The highest BCUT2D eigenvalue weighted by Crippen LogP contribution is 2.62. The molecule has 1 spiro atoms. The van der Waals surface area contributed by atoms with Crippen molar-refractivity contribution in [2.45, 2.75) is 37.5 Å². The third kappa shape index (κ3) is 1.97.